The van der Waals surface area contributed by atoms with Gasteiger partial charge in [-0.25, -0.2) is 8.78 Å². The minimum atomic E-state index is -0.776. The van der Waals surface area contributed by atoms with E-state index >= 15 is 0 Å². The first-order valence-corrected chi connectivity index (χ1v) is 5.72. The average molecular weight is 267 g/mol. The van der Waals surface area contributed by atoms with Crippen LogP contribution in [0.1, 0.15) is 22.9 Å². The molecule has 102 valence electrons. The molecule has 6 heteroatoms. The van der Waals surface area contributed by atoms with Crippen LogP contribution in [-0.2, 0) is 7.05 Å². The Balaban J connectivity index is 2.52. The van der Waals surface area contributed by atoms with Crippen LogP contribution < -0.4 is 10.5 Å². The summed E-state index contributed by atoms with van der Waals surface area (Å²) in [6, 6.07) is 1.47. The van der Waals surface area contributed by atoms with Crippen LogP contribution in [0.25, 0.3) is 0 Å². The van der Waals surface area contributed by atoms with Crippen LogP contribution in [-0.4, -0.2) is 16.9 Å². The standard InChI is InChI=1S/C13H15F2N3O/c1-7-4-8(10(15)5-9(7)14)12(16)13-11(19-3)6-17-18(13)2/h4-6,12H,16H2,1-3H3. The molecule has 1 aromatic carbocycles. The van der Waals surface area contributed by atoms with Crippen molar-refractivity contribution >= 4 is 0 Å². The van der Waals surface area contributed by atoms with Gasteiger partial charge in [0, 0.05) is 18.7 Å². The van der Waals surface area contributed by atoms with E-state index in [1.54, 1.807) is 14.0 Å². The second-order valence-corrected chi connectivity index (χ2v) is 4.32. The summed E-state index contributed by atoms with van der Waals surface area (Å²) in [5.41, 5.74) is 7.14. The molecule has 0 amide bonds. The van der Waals surface area contributed by atoms with Crippen molar-refractivity contribution in [3.8, 4) is 5.75 Å². The maximum absolute atomic E-state index is 13.8. The molecule has 0 radical (unpaired) electrons. The molecule has 19 heavy (non-hydrogen) atoms. The Hall–Kier alpha value is -1.95. The predicted octanol–water partition coefficient (Wildman–Crippen LogP) is 2.06. The third-order valence-electron chi connectivity index (χ3n) is 3.08. The zero-order valence-electron chi connectivity index (χ0n) is 10.9. The smallest absolute Gasteiger partial charge is 0.161 e. The lowest BCUT2D eigenvalue weighted by Crippen LogP contribution is -2.18. The molecule has 2 aromatic rings. The second kappa shape index (κ2) is 4.97. The number of methoxy groups -OCH3 is 1. The van der Waals surface area contributed by atoms with E-state index in [4.69, 9.17) is 10.5 Å². The van der Waals surface area contributed by atoms with Gasteiger partial charge in [0.1, 0.15) is 17.3 Å². The number of aromatic nitrogens is 2. The third kappa shape index (κ3) is 2.31. The first-order valence-electron chi connectivity index (χ1n) is 5.72. The van der Waals surface area contributed by atoms with E-state index < -0.39 is 17.7 Å². The molecule has 2 rings (SSSR count). The van der Waals surface area contributed by atoms with Crippen LogP contribution in [0.3, 0.4) is 0 Å². The molecule has 0 saturated heterocycles. The SMILES string of the molecule is COc1cnn(C)c1C(N)c1cc(C)c(F)cc1F. The lowest BCUT2D eigenvalue weighted by molar-refractivity contribution is 0.405. The third-order valence-corrected chi connectivity index (χ3v) is 3.08. The van der Waals surface area contributed by atoms with Gasteiger partial charge in [0.2, 0.25) is 0 Å². The van der Waals surface area contributed by atoms with E-state index in [9.17, 15) is 8.78 Å². The van der Waals surface area contributed by atoms with E-state index in [2.05, 4.69) is 5.10 Å². The molecule has 4 nitrogen and oxygen atoms in total. The van der Waals surface area contributed by atoms with Gasteiger partial charge in [0.05, 0.1) is 19.3 Å². The summed E-state index contributed by atoms with van der Waals surface area (Å²) in [7, 11) is 3.17. The van der Waals surface area contributed by atoms with Gasteiger partial charge in [0.25, 0.3) is 0 Å². The Kier molecular flexibility index (Phi) is 3.53. The predicted molar refractivity (Wildman–Crippen MR) is 66.9 cm³/mol. The summed E-state index contributed by atoms with van der Waals surface area (Å²) < 4.78 is 33.8. The van der Waals surface area contributed by atoms with Crippen molar-refractivity contribution in [2.45, 2.75) is 13.0 Å². The highest BCUT2D eigenvalue weighted by molar-refractivity contribution is 5.38. The van der Waals surface area contributed by atoms with Gasteiger partial charge in [-0.15, -0.1) is 0 Å². The molecule has 0 spiro atoms. The van der Waals surface area contributed by atoms with Crippen molar-refractivity contribution in [3.05, 3.63) is 46.8 Å². The molecule has 1 atom stereocenters. The maximum Gasteiger partial charge on any atom is 0.161 e. The van der Waals surface area contributed by atoms with Crippen LogP contribution in [0.15, 0.2) is 18.3 Å². The largest absolute Gasteiger partial charge is 0.493 e. The molecule has 0 aliphatic carbocycles. The summed E-state index contributed by atoms with van der Waals surface area (Å²) in [6.07, 6.45) is 1.50. The number of nitrogens with zero attached hydrogens (tertiary/aromatic N) is 2. The second-order valence-electron chi connectivity index (χ2n) is 4.32. The molecular formula is C13H15F2N3O. The number of nitrogens with two attached hydrogens (primary N) is 1. The normalized spacial score (nSPS) is 12.5. The molecule has 1 heterocycles. The van der Waals surface area contributed by atoms with E-state index in [1.165, 1.54) is 24.1 Å². The highest BCUT2D eigenvalue weighted by Crippen LogP contribution is 2.30. The summed E-state index contributed by atoms with van der Waals surface area (Å²) in [6.45, 7) is 1.56. The topological polar surface area (TPSA) is 53.1 Å². The number of hydrogen-bond acceptors (Lipinski definition) is 3. The Bertz CT molecular complexity index is 610. The van der Waals surface area contributed by atoms with Gasteiger partial charge < -0.3 is 10.5 Å². The quantitative estimate of drug-likeness (QED) is 0.926. The molecule has 2 N–H and O–H groups in total. The van der Waals surface area contributed by atoms with E-state index in [0.29, 0.717) is 17.0 Å². The van der Waals surface area contributed by atoms with Crippen molar-refractivity contribution in [2.24, 2.45) is 12.8 Å². The number of benzene rings is 1. The molecule has 0 bridgehead atoms. The average Bonchev–Trinajstić information content (AvgIpc) is 2.74. The van der Waals surface area contributed by atoms with Gasteiger partial charge in [-0.05, 0) is 18.6 Å². The van der Waals surface area contributed by atoms with E-state index in [0.717, 1.165) is 6.07 Å². The monoisotopic (exact) mass is 267 g/mol. The van der Waals surface area contributed by atoms with Crippen LogP contribution in [0.4, 0.5) is 8.78 Å². The minimum absolute atomic E-state index is 0.209. The fourth-order valence-corrected chi connectivity index (χ4v) is 2.00. The van der Waals surface area contributed by atoms with Crippen LogP contribution in [0.5, 0.6) is 5.75 Å². The molecule has 0 saturated carbocycles. The Morgan fingerprint density at radius 1 is 1.32 bits per heavy atom. The summed E-state index contributed by atoms with van der Waals surface area (Å²) in [4.78, 5) is 0. The number of rotatable bonds is 3. The van der Waals surface area contributed by atoms with Crippen molar-refractivity contribution < 1.29 is 13.5 Å². The first kappa shape index (κ1) is 13.5. The van der Waals surface area contributed by atoms with Gasteiger partial charge >= 0.3 is 0 Å². The Morgan fingerprint density at radius 2 is 2.00 bits per heavy atom. The maximum atomic E-state index is 13.8. The molecule has 0 aliphatic rings. The zero-order chi connectivity index (χ0) is 14.2. The fourth-order valence-electron chi connectivity index (χ4n) is 2.00. The summed E-state index contributed by atoms with van der Waals surface area (Å²) in [5, 5.41) is 4.02. The van der Waals surface area contributed by atoms with Crippen LogP contribution in [0.2, 0.25) is 0 Å². The number of aryl methyl sites for hydroxylation is 2. The molecule has 0 fully saturated rings. The van der Waals surface area contributed by atoms with Crippen molar-refractivity contribution in [1.82, 2.24) is 9.78 Å². The van der Waals surface area contributed by atoms with Gasteiger partial charge in [-0.2, -0.15) is 5.10 Å². The first-order chi connectivity index (χ1) is 8.95. The van der Waals surface area contributed by atoms with Crippen LogP contribution in [0, 0.1) is 18.6 Å². The van der Waals surface area contributed by atoms with Crippen molar-refractivity contribution in [2.75, 3.05) is 7.11 Å². The summed E-state index contributed by atoms with van der Waals surface area (Å²) >= 11 is 0. The molecule has 1 aromatic heterocycles. The lowest BCUT2D eigenvalue weighted by atomic mass is 10.0. The molecule has 0 aliphatic heterocycles. The van der Waals surface area contributed by atoms with Gasteiger partial charge in [0.15, 0.2) is 5.75 Å². The van der Waals surface area contributed by atoms with E-state index in [1.807, 2.05) is 0 Å². The number of halogens is 2. The van der Waals surface area contributed by atoms with E-state index in [-0.39, 0.29) is 5.56 Å². The molecular weight excluding hydrogens is 252 g/mol. The van der Waals surface area contributed by atoms with Gasteiger partial charge in [-0.1, -0.05) is 0 Å². The van der Waals surface area contributed by atoms with Crippen molar-refractivity contribution in [3.63, 3.8) is 0 Å². The van der Waals surface area contributed by atoms with Gasteiger partial charge in [-0.3, -0.25) is 4.68 Å². The molecule has 1 unspecified atom stereocenters. The lowest BCUT2D eigenvalue weighted by Gasteiger charge is -2.16. The van der Waals surface area contributed by atoms with Crippen molar-refractivity contribution in [1.29, 1.82) is 0 Å². The minimum Gasteiger partial charge on any atom is -0.493 e. The number of hydrogen-bond donors (Lipinski definition) is 1. The fraction of sp³-hybridized carbons (Fsp3) is 0.308. The highest BCUT2D eigenvalue weighted by Gasteiger charge is 2.22. The zero-order valence-corrected chi connectivity index (χ0v) is 10.9. The Morgan fingerprint density at radius 3 is 2.63 bits per heavy atom. The number of ether oxygens (including phenoxy) is 1. The highest BCUT2D eigenvalue weighted by atomic mass is 19.1. The summed E-state index contributed by atoms with van der Waals surface area (Å²) in [5.74, 6) is -0.805. The van der Waals surface area contributed by atoms with Crippen LogP contribution >= 0.6 is 0 Å². The Labute approximate surface area is 109 Å².